The van der Waals surface area contributed by atoms with Crippen molar-refractivity contribution < 1.29 is 14.0 Å². The molecule has 2 aromatic carbocycles. The van der Waals surface area contributed by atoms with Gasteiger partial charge in [0.2, 0.25) is 5.91 Å². The van der Waals surface area contributed by atoms with Crippen molar-refractivity contribution in [1.82, 2.24) is 5.32 Å². The van der Waals surface area contributed by atoms with E-state index in [9.17, 15) is 9.59 Å². The van der Waals surface area contributed by atoms with Crippen LogP contribution in [0.2, 0.25) is 0 Å². The molecule has 0 saturated heterocycles. The van der Waals surface area contributed by atoms with Crippen molar-refractivity contribution in [3.8, 4) is 0 Å². The minimum atomic E-state index is -0.344. The van der Waals surface area contributed by atoms with Crippen molar-refractivity contribution in [2.45, 2.75) is 26.2 Å². The number of rotatable bonds is 6. The molecule has 0 aliphatic rings. The Morgan fingerprint density at radius 2 is 1.75 bits per heavy atom. The van der Waals surface area contributed by atoms with Gasteiger partial charge >= 0.3 is 0 Å². The molecular weight excluding hydrogens is 374 g/mol. The average Bonchev–Trinajstić information content (AvgIpc) is 3.11. The van der Waals surface area contributed by atoms with Gasteiger partial charge in [-0.1, -0.05) is 37.6 Å². The third kappa shape index (κ3) is 5.17. The second-order valence-corrected chi connectivity index (χ2v) is 6.70. The summed E-state index contributed by atoms with van der Waals surface area (Å²) < 4.78 is 5.58. The Morgan fingerprint density at radius 3 is 2.50 bits per heavy atom. The molecule has 28 heavy (non-hydrogen) atoms. The SMILES string of the molecule is CCCCC(=O)NC(=S)Nc1cccc(NC(=O)c2cc3ccccc3o2)c1. The lowest BCUT2D eigenvalue weighted by molar-refractivity contribution is -0.119. The van der Waals surface area contributed by atoms with Gasteiger partial charge in [-0.05, 0) is 49.0 Å². The van der Waals surface area contributed by atoms with E-state index in [1.54, 1.807) is 30.3 Å². The molecular formula is C21H21N3O3S. The van der Waals surface area contributed by atoms with E-state index in [0.29, 0.717) is 23.4 Å². The second-order valence-electron chi connectivity index (χ2n) is 6.29. The van der Waals surface area contributed by atoms with Crippen LogP contribution in [-0.4, -0.2) is 16.9 Å². The van der Waals surface area contributed by atoms with Crippen molar-refractivity contribution in [3.05, 3.63) is 60.4 Å². The van der Waals surface area contributed by atoms with Crippen LogP contribution in [0.3, 0.4) is 0 Å². The molecule has 0 aliphatic carbocycles. The molecule has 0 spiro atoms. The largest absolute Gasteiger partial charge is 0.451 e. The molecule has 3 aromatic rings. The predicted octanol–water partition coefficient (Wildman–Crippen LogP) is 4.69. The molecule has 6 nitrogen and oxygen atoms in total. The first kappa shape index (κ1) is 19.6. The summed E-state index contributed by atoms with van der Waals surface area (Å²) in [6.45, 7) is 2.02. The molecule has 3 rings (SSSR count). The van der Waals surface area contributed by atoms with Crippen LogP contribution in [0, 0.1) is 0 Å². The predicted molar refractivity (Wildman–Crippen MR) is 114 cm³/mol. The van der Waals surface area contributed by atoms with Gasteiger partial charge in [0.1, 0.15) is 5.58 Å². The zero-order chi connectivity index (χ0) is 19.9. The number of benzene rings is 2. The molecule has 1 heterocycles. The van der Waals surface area contributed by atoms with E-state index < -0.39 is 0 Å². The number of nitrogens with one attached hydrogen (secondary N) is 3. The lowest BCUT2D eigenvalue weighted by Gasteiger charge is -2.11. The van der Waals surface area contributed by atoms with Crippen LogP contribution < -0.4 is 16.0 Å². The second kappa shape index (κ2) is 9.14. The molecule has 0 unspecified atom stereocenters. The Hall–Kier alpha value is -3.19. The Kier molecular flexibility index (Phi) is 6.39. The van der Waals surface area contributed by atoms with Crippen LogP contribution in [0.1, 0.15) is 36.7 Å². The number of para-hydroxylation sites is 1. The van der Waals surface area contributed by atoms with Gasteiger partial charge < -0.3 is 20.4 Å². The smallest absolute Gasteiger partial charge is 0.291 e. The van der Waals surface area contributed by atoms with E-state index in [2.05, 4.69) is 16.0 Å². The van der Waals surface area contributed by atoms with Crippen LogP contribution in [0.5, 0.6) is 0 Å². The number of fused-ring (bicyclic) bond motifs is 1. The zero-order valence-electron chi connectivity index (χ0n) is 15.5. The van der Waals surface area contributed by atoms with Gasteiger partial charge in [-0.25, -0.2) is 0 Å². The first-order valence-corrected chi connectivity index (χ1v) is 9.47. The molecule has 0 atom stereocenters. The summed E-state index contributed by atoms with van der Waals surface area (Å²) in [7, 11) is 0. The van der Waals surface area contributed by atoms with E-state index in [1.165, 1.54) is 0 Å². The summed E-state index contributed by atoms with van der Waals surface area (Å²) >= 11 is 5.16. The van der Waals surface area contributed by atoms with Gasteiger partial charge in [0.05, 0.1) is 0 Å². The number of anilines is 2. The van der Waals surface area contributed by atoms with Crippen molar-refractivity contribution in [2.75, 3.05) is 10.6 Å². The third-order valence-electron chi connectivity index (χ3n) is 4.04. The molecule has 0 aliphatic heterocycles. The van der Waals surface area contributed by atoms with Gasteiger partial charge in [0.25, 0.3) is 5.91 Å². The summed E-state index contributed by atoms with van der Waals surface area (Å²) in [6, 6.07) is 16.2. The number of thiocarbonyl (C=S) groups is 1. The number of unbranched alkanes of at least 4 members (excludes halogenated alkanes) is 1. The number of amides is 2. The molecule has 0 saturated carbocycles. The Labute approximate surface area is 168 Å². The minimum Gasteiger partial charge on any atom is -0.451 e. The van der Waals surface area contributed by atoms with E-state index in [1.807, 2.05) is 31.2 Å². The zero-order valence-corrected chi connectivity index (χ0v) is 16.3. The van der Waals surface area contributed by atoms with Gasteiger partial charge in [-0.15, -0.1) is 0 Å². The Bertz CT molecular complexity index is 980. The Balaban J connectivity index is 1.62. The quantitative estimate of drug-likeness (QED) is 0.528. The molecule has 0 bridgehead atoms. The highest BCUT2D eigenvalue weighted by atomic mass is 32.1. The van der Waals surface area contributed by atoms with E-state index >= 15 is 0 Å². The molecule has 7 heteroatoms. The summed E-state index contributed by atoms with van der Waals surface area (Å²) in [5.74, 6) is -0.226. The van der Waals surface area contributed by atoms with Crippen molar-refractivity contribution in [2.24, 2.45) is 0 Å². The fourth-order valence-corrected chi connectivity index (χ4v) is 2.88. The molecule has 2 amide bonds. The van der Waals surface area contributed by atoms with Crippen molar-refractivity contribution in [1.29, 1.82) is 0 Å². The van der Waals surface area contributed by atoms with Gasteiger partial charge in [0, 0.05) is 23.2 Å². The average molecular weight is 395 g/mol. The van der Waals surface area contributed by atoms with Gasteiger partial charge in [-0.2, -0.15) is 0 Å². The van der Waals surface area contributed by atoms with Gasteiger partial charge in [-0.3, -0.25) is 9.59 Å². The number of carbonyl (C=O) groups excluding carboxylic acids is 2. The fraction of sp³-hybridized carbons (Fsp3) is 0.190. The van der Waals surface area contributed by atoms with E-state index in [-0.39, 0.29) is 22.7 Å². The highest BCUT2D eigenvalue weighted by Crippen LogP contribution is 2.21. The van der Waals surface area contributed by atoms with Crippen LogP contribution in [0.15, 0.2) is 59.0 Å². The summed E-state index contributed by atoms with van der Waals surface area (Å²) in [6.07, 6.45) is 2.20. The molecule has 3 N–H and O–H groups in total. The van der Waals surface area contributed by atoms with Gasteiger partial charge in [0.15, 0.2) is 10.9 Å². The third-order valence-corrected chi connectivity index (χ3v) is 4.24. The first-order chi connectivity index (χ1) is 13.5. The highest BCUT2D eigenvalue weighted by Gasteiger charge is 2.12. The monoisotopic (exact) mass is 395 g/mol. The summed E-state index contributed by atoms with van der Waals surface area (Å²) in [4.78, 5) is 24.2. The Morgan fingerprint density at radius 1 is 1.00 bits per heavy atom. The maximum absolute atomic E-state index is 12.5. The normalized spacial score (nSPS) is 10.5. The number of furan rings is 1. The standard InChI is InChI=1S/C21H21N3O3S/c1-2-3-11-19(25)24-21(28)23-16-9-6-8-15(13-16)22-20(26)18-12-14-7-4-5-10-17(14)27-18/h4-10,12-13H,2-3,11H2,1H3,(H,22,26)(H2,23,24,25,28). The molecule has 144 valence electrons. The maximum Gasteiger partial charge on any atom is 0.291 e. The first-order valence-electron chi connectivity index (χ1n) is 9.06. The number of hydrogen-bond acceptors (Lipinski definition) is 4. The molecule has 1 aromatic heterocycles. The minimum absolute atomic E-state index is 0.117. The van der Waals surface area contributed by atoms with Crippen molar-refractivity contribution >= 4 is 51.5 Å². The fourth-order valence-electron chi connectivity index (χ4n) is 2.65. The van der Waals surface area contributed by atoms with Crippen LogP contribution >= 0.6 is 12.2 Å². The molecule has 0 fully saturated rings. The lowest BCUT2D eigenvalue weighted by atomic mass is 10.2. The number of carbonyl (C=O) groups is 2. The summed E-state index contributed by atoms with van der Waals surface area (Å²) in [5, 5.41) is 9.48. The van der Waals surface area contributed by atoms with Crippen LogP contribution in [-0.2, 0) is 4.79 Å². The maximum atomic E-state index is 12.5. The number of hydrogen-bond donors (Lipinski definition) is 3. The van der Waals surface area contributed by atoms with Crippen molar-refractivity contribution in [3.63, 3.8) is 0 Å². The molecule has 0 radical (unpaired) electrons. The van der Waals surface area contributed by atoms with E-state index in [4.69, 9.17) is 16.6 Å². The highest BCUT2D eigenvalue weighted by molar-refractivity contribution is 7.80. The summed E-state index contributed by atoms with van der Waals surface area (Å²) in [5.41, 5.74) is 1.89. The van der Waals surface area contributed by atoms with E-state index in [0.717, 1.165) is 18.2 Å². The topological polar surface area (TPSA) is 83.4 Å². The van der Waals surface area contributed by atoms with Crippen LogP contribution in [0.25, 0.3) is 11.0 Å². The van der Waals surface area contributed by atoms with Crippen LogP contribution in [0.4, 0.5) is 11.4 Å². The lowest BCUT2D eigenvalue weighted by Crippen LogP contribution is -2.33.